The van der Waals surface area contributed by atoms with Crippen LogP contribution in [0.3, 0.4) is 0 Å². The average molecular weight is 424 g/mol. The van der Waals surface area contributed by atoms with E-state index in [-0.39, 0.29) is 19.1 Å². The molecule has 2 aliphatic rings. The zero-order chi connectivity index (χ0) is 22.1. The van der Waals surface area contributed by atoms with Gasteiger partial charge in [-0.05, 0) is 35.4 Å². The van der Waals surface area contributed by atoms with Gasteiger partial charge in [0.2, 0.25) is 0 Å². The second-order valence-corrected chi connectivity index (χ2v) is 7.62. The number of amides is 3. The smallest absolute Gasteiger partial charge is 0.259 e. The first-order valence-electron chi connectivity index (χ1n) is 9.98. The van der Waals surface area contributed by atoms with Gasteiger partial charge in [0, 0.05) is 43.6 Å². The number of nitrogens with two attached hydrogens (primary N) is 1. The molecule has 2 heterocycles. The molecule has 1 saturated heterocycles. The molecular weight excluding hydrogens is 400 g/mol. The summed E-state index contributed by atoms with van der Waals surface area (Å²) in [5.74, 6) is -1.38. The SMILES string of the molecule is CN1Cc2ccc(N3CCOC([C@@H](O)C(=O)Nc4ccc(CN)cc4)C3=O)cc2C1=O. The molecule has 162 valence electrons. The highest BCUT2D eigenvalue weighted by atomic mass is 16.5. The number of morpholine rings is 1. The van der Waals surface area contributed by atoms with Crippen molar-refractivity contribution in [1.29, 1.82) is 0 Å². The lowest BCUT2D eigenvalue weighted by Crippen LogP contribution is -2.55. The minimum atomic E-state index is -1.69. The summed E-state index contributed by atoms with van der Waals surface area (Å²) in [5.41, 5.74) is 8.92. The van der Waals surface area contributed by atoms with Crippen molar-refractivity contribution in [3.63, 3.8) is 0 Å². The molecule has 0 saturated carbocycles. The van der Waals surface area contributed by atoms with Crippen molar-refractivity contribution in [2.45, 2.75) is 25.3 Å². The van der Waals surface area contributed by atoms with Crippen LogP contribution in [0.2, 0.25) is 0 Å². The Balaban J connectivity index is 1.48. The van der Waals surface area contributed by atoms with E-state index in [1.807, 2.05) is 6.07 Å². The third-order valence-electron chi connectivity index (χ3n) is 5.52. The van der Waals surface area contributed by atoms with Gasteiger partial charge in [-0.3, -0.25) is 14.4 Å². The minimum absolute atomic E-state index is 0.103. The van der Waals surface area contributed by atoms with Gasteiger partial charge in [0.1, 0.15) is 0 Å². The van der Waals surface area contributed by atoms with E-state index in [0.29, 0.717) is 30.0 Å². The molecule has 31 heavy (non-hydrogen) atoms. The normalized spacial score (nSPS) is 19.4. The lowest BCUT2D eigenvalue weighted by molar-refractivity contribution is -0.150. The highest BCUT2D eigenvalue weighted by Crippen LogP contribution is 2.28. The van der Waals surface area contributed by atoms with Crippen LogP contribution >= 0.6 is 0 Å². The van der Waals surface area contributed by atoms with Gasteiger partial charge in [0.15, 0.2) is 12.2 Å². The van der Waals surface area contributed by atoms with Crippen molar-refractivity contribution in [2.75, 3.05) is 30.4 Å². The fourth-order valence-corrected chi connectivity index (χ4v) is 3.77. The quantitative estimate of drug-likeness (QED) is 0.641. The summed E-state index contributed by atoms with van der Waals surface area (Å²) < 4.78 is 5.44. The van der Waals surface area contributed by atoms with E-state index >= 15 is 0 Å². The number of rotatable bonds is 5. The second-order valence-electron chi connectivity index (χ2n) is 7.62. The van der Waals surface area contributed by atoms with E-state index in [4.69, 9.17) is 10.5 Å². The molecule has 2 aliphatic heterocycles. The molecule has 1 unspecified atom stereocenters. The summed E-state index contributed by atoms with van der Waals surface area (Å²) >= 11 is 0. The van der Waals surface area contributed by atoms with Gasteiger partial charge in [-0.1, -0.05) is 18.2 Å². The zero-order valence-electron chi connectivity index (χ0n) is 17.1. The largest absolute Gasteiger partial charge is 0.380 e. The first kappa shape index (κ1) is 21.0. The van der Waals surface area contributed by atoms with E-state index in [1.54, 1.807) is 48.3 Å². The van der Waals surface area contributed by atoms with Gasteiger partial charge < -0.3 is 30.7 Å². The third-order valence-corrected chi connectivity index (χ3v) is 5.52. The summed E-state index contributed by atoms with van der Waals surface area (Å²) in [6.07, 6.45) is -3.03. The lowest BCUT2D eigenvalue weighted by atomic mass is 10.1. The number of hydrogen-bond donors (Lipinski definition) is 3. The molecule has 3 amide bonds. The van der Waals surface area contributed by atoms with Crippen LogP contribution in [0.25, 0.3) is 0 Å². The monoisotopic (exact) mass is 424 g/mol. The molecule has 9 heteroatoms. The number of anilines is 2. The number of ether oxygens (including phenoxy) is 1. The Hall–Kier alpha value is -3.27. The van der Waals surface area contributed by atoms with Crippen molar-refractivity contribution in [3.8, 4) is 0 Å². The number of fused-ring (bicyclic) bond motifs is 1. The second kappa shape index (κ2) is 8.46. The molecule has 0 aliphatic carbocycles. The van der Waals surface area contributed by atoms with Gasteiger partial charge in [-0.25, -0.2) is 0 Å². The summed E-state index contributed by atoms with van der Waals surface area (Å²) in [4.78, 5) is 40.8. The van der Waals surface area contributed by atoms with E-state index in [9.17, 15) is 19.5 Å². The maximum Gasteiger partial charge on any atom is 0.259 e. The molecule has 9 nitrogen and oxygen atoms in total. The van der Waals surface area contributed by atoms with Crippen LogP contribution in [0, 0.1) is 0 Å². The molecular formula is C22H24N4O5. The van der Waals surface area contributed by atoms with Crippen LogP contribution < -0.4 is 16.0 Å². The molecule has 4 rings (SSSR count). The molecule has 2 aromatic rings. The van der Waals surface area contributed by atoms with Crippen molar-refractivity contribution in [1.82, 2.24) is 4.90 Å². The summed E-state index contributed by atoms with van der Waals surface area (Å²) in [6, 6.07) is 12.1. The zero-order valence-corrected chi connectivity index (χ0v) is 17.1. The number of aliphatic hydroxyl groups excluding tert-OH is 1. The molecule has 0 radical (unpaired) electrons. The third kappa shape index (κ3) is 4.02. The van der Waals surface area contributed by atoms with Crippen LogP contribution in [0.15, 0.2) is 42.5 Å². The van der Waals surface area contributed by atoms with Crippen LogP contribution in [0.5, 0.6) is 0 Å². The van der Waals surface area contributed by atoms with Crippen molar-refractivity contribution < 1.29 is 24.2 Å². The molecule has 0 aromatic heterocycles. The predicted octanol–water partition coefficient (Wildman–Crippen LogP) is 0.462. The van der Waals surface area contributed by atoms with Crippen molar-refractivity contribution >= 4 is 29.1 Å². The lowest BCUT2D eigenvalue weighted by Gasteiger charge is -2.34. The van der Waals surface area contributed by atoms with E-state index in [2.05, 4.69) is 5.32 Å². The Kier molecular flexibility index (Phi) is 5.73. The molecule has 2 atom stereocenters. The topological polar surface area (TPSA) is 125 Å². The molecule has 0 bridgehead atoms. The number of nitrogens with one attached hydrogen (secondary N) is 1. The fraction of sp³-hybridized carbons (Fsp3) is 0.318. The predicted molar refractivity (Wildman–Crippen MR) is 113 cm³/mol. The van der Waals surface area contributed by atoms with Crippen LogP contribution in [-0.4, -0.2) is 60.1 Å². The Morgan fingerprint density at radius 3 is 2.71 bits per heavy atom. The van der Waals surface area contributed by atoms with Gasteiger partial charge in [0.25, 0.3) is 17.7 Å². The van der Waals surface area contributed by atoms with Gasteiger partial charge >= 0.3 is 0 Å². The minimum Gasteiger partial charge on any atom is -0.380 e. The van der Waals surface area contributed by atoms with Crippen LogP contribution in [0.1, 0.15) is 21.5 Å². The number of hydrogen-bond acceptors (Lipinski definition) is 6. The van der Waals surface area contributed by atoms with E-state index in [1.165, 1.54) is 4.90 Å². The maximum absolute atomic E-state index is 13.0. The fourth-order valence-electron chi connectivity index (χ4n) is 3.77. The Bertz CT molecular complexity index is 1020. The van der Waals surface area contributed by atoms with Crippen molar-refractivity contribution in [3.05, 3.63) is 59.2 Å². The van der Waals surface area contributed by atoms with Gasteiger partial charge in [-0.2, -0.15) is 0 Å². The Morgan fingerprint density at radius 1 is 1.26 bits per heavy atom. The molecule has 4 N–H and O–H groups in total. The van der Waals surface area contributed by atoms with E-state index in [0.717, 1.165) is 11.1 Å². The molecule has 0 spiro atoms. The number of carbonyl (C=O) groups is 3. The Morgan fingerprint density at radius 2 is 2.00 bits per heavy atom. The number of nitrogens with zero attached hydrogens (tertiary/aromatic N) is 2. The standard InChI is InChI=1S/C22H24N4O5/c1-25-12-14-4-7-16(10-17(14)21(25)29)26-8-9-31-19(22(26)30)18(27)20(28)24-15-5-2-13(11-23)3-6-15/h2-7,10,18-19,27H,8-9,11-12,23H2,1H3,(H,24,28)/t18-,19?/m1/s1. The summed E-state index contributed by atoms with van der Waals surface area (Å²) in [5, 5.41) is 13.1. The summed E-state index contributed by atoms with van der Waals surface area (Å²) in [7, 11) is 1.72. The molecule has 2 aromatic carbocycles. The highest BCUT2D eigenvalue weighted by Gasteiger charge is 2.40. The van der Waals surface area contributed by atoms with Gasteiger partial charge in [-0.15, -0.1) is 0 Å². The first-order valence-corrected chi connectivity index (χ1v) is 9.98. The molecule has 1 fully saturated rings. The number of aliphatic hydroxyl groups is 1. The average Bonchev–Trinajstić information content (AvgIpc) is 3.07. The van der Waals surface area contributed by atoms with E-state index < -0.39 is 24.0 Å². The first-order chi connectivity index (χ1) is 14.9. The Labute approximate surface area is 179 Å². The number of benzene rings is 2. The van der Waals surface area contributed by atoms with Gasteiger partial charge in [0.05, 0.1) is 6.61 Å². The maximum atomic E-state index is 13.0. The van der Waals surface area contributed by atoms with Crippen LogP contribution in [0.4, 0.5) is 11.4 Å². The van der Waals surface area contributed by atoms with Crippen LogP contribution in [-0.2, 0) is 27.4 Å². The summed E-state index contributed by atoms with van der Waals surface area (Å²) in [6.45, 7) is 1.31. The van der Waals surface area contributed by atoms with Crippen molar-refractivity contribution in [2.24, 2.45) is 5.73 Å². The highest BCUT2D eigenvalue weighted by molar-refractivity contribution is 6.05. The number of carbonyl (C=O) groups excluding carboxylic acids is 3.